The molecule has 0 bridgehead atoms. The Bertz CT molecular complexity index is 744. The highest BCUT2D eigenvalue weighted by molar-refractivity contribution is 6.30. The van der Waals surface area contributed by atoms with Crippen LogP contribution in [0, 0.1) is 0 Å². The molecule has 2 aliphatic heterocycles. The van der Waals surface area contributed by atoms with Gasteiger partial charge >= 0.3 is 0 Å². The third-order valence-electron chi connectivity index (χ3n) is 5.50. The van der Waals surface area contributed by atoms with Crippen molar-refractivity contribution >= 4 is 23.2 Å². The molecule has 2 aromatic rings. The van der Waals surface area contributed by atoms with Gasteiger partial charge < -0.3 is 19.7 Å². The molecular weight excluding hydrogens is 364 g/mol. The van der Waals surface area contributed by atoms with Crippen LogP contribution in [-0.2, 0) is 14.9 Å². The van der Waals surface area contributed by atoms with Crippen molar-refractivity contribution in [1.82, 2.24) is 9.97 Å². The van der Waals surface area contributed by atoms with Crippen molar-refractivity contribution in [2.24, 2.45) is 0 Å². The van der Waals surface area contributed by atoms with Gasteiger partial charge in [-0.1, -0.05) is 23.7 Å². The minimum atomic E-state index is 0.0208. The molecule has 0 saturated carbocycles. The summed E-state index contributed by atoms with van der Waals surface area (Å²) in [6.07, 6.45) is 3.58. The Morgan fingerprint density at radius 2 is 1.70 bits per heavy atom. The summed E-state index contributed by atoms with van der Waals surface area (Å²) in [5.74, 6) is 1.80. The zero-order chi connectivity index (χ0) is 18.5. The van der Waals surface area contributed by atoms with Gasteiger partial charge in [-0.05, 0) is 30.5 Å². The van der Waals surface area contributed by atoms with E-state index >= 15 is 0 Å². The largest absolute Gasteiger partial charge is 0.381 e. The van der Waals surface area contributed by atoms with Gasteiger partial charge in [0.25, 0.3) is 0 Å². The Labute approximate surface area is 164 Å². The fraction of sp³-hybridized carbons (Fsp3) is 0.500. The van der Waals surface area contributed by atoms with Crippen LogP contribution in [0.15, 0.2) is 36.7 Å². The predicted molar refractivity (Wildman–Crippen MR) is 107 cm³/mol. The zero-order valence-electron chi connectivity index (χ0n) is 15.4. The maximum absolute atomic E-state index is 6.09. The highest BCUT2D eigenvalue weighted by atomic mass is 35.5. The summed E-state index contributed by atoms with van der Waals surface area (Å²) in [4.78, 5) is 11.1. The molecule has 0 radical (unpaired) electrons. The number of nitrogens with one attached hydrogen (secondary N) is 1. The van der Waals surface area contributed by atoms with E-state index in [-0.39, 0.29) is 5.41 Å². The van der Waals surface area contributed by atoms with Gasteiger partial charge in [-0.25, -0.2) is 9.97 Å². The molecule has 1 aromatic heterocycles. The van der Waals surface area contributed by atoms with E-state index in [2.05, 4.69) is 32.3 Å². The lowest BCUT2D eigenvalue weighted by molar-refractivity contribution is 0.0543. The van der Waals surface area contributed by atoms with Crippen LogP contribution in [0.3, 0.4) is 0 Å². The van der Waals surface area contributed by atoms with Gasteiger partial charge in [-0.3, -0.25) is 0 Å². The number of ether oxygens (including phenoxy) is 2. The van der Waals surface area contributed by atoms with Gasteiger partial charge in [0.1, 0.15) is 18.0 Å². The monoisotopic (exact) mass is 388 g/mol. The first kappa shape index (κ1) is 18.5. The molecule has 7 heteroatoms. The Morgan fingerprint density at radius 3 is 2.44 bits per heavy atom. The number of nitrogens with zero attached hydrogens (tertiary/aromatic N) is 3. The Balaban J connectivity index is 1.50. The average Bonchev–Trinajstić information content (AvgIpc) is 2.74. The van der Waals surface area contributed by atoms with Crippen LogP contribution in [0.2, 0.25) is 5.02 Å². The maximum atomic E-state index is 6.09. The summed E-state index contributed by atoms with van der Waals surface area (Å²) in [6, 6.07) is 10.2. The summed E-state index contributed by atoms with van der Waals surface area (Å²) in [6.45, 7) is 5.56. The molecule has 1 N–H and O–H groups in total. The molecule has 3 heterocycles. The molecule has 0 spiro atoms. The number of benzene rings is 1. The van der Waals surface area contributed by atoms with Gasteiger partial charge in [0, 0.05) is 49.4 Å². The van der Waals surface area contributed by atoms with Gasteiger partial charge in [0.15, 0.2) is 0 Å². The lowest BCUT2D eigenvalue weighted by Gasteiger charge is -2.38. The molecule has 0 atom stereocenters. The highest BCUT2D eigenvalue weighted by Crippen LogP contribution is 2.35. The lowest BCUT2D eigenvalue weighted by Crippen LogP contribution is -2.40. The first-order chi connectivity index (χ1) is 13.3. The van der Waals surface area contributed by atoms with Crippen molar-refractivity contribution in [3.8, 4) is 0 Å². The van der Waals surface area contributed by atoms with Crippen LogP contribution in [0.25, 0.3) is 0 Å². The first-order valence-electron chi connectivity index (χ1n) is 9.48. The standard InChI is InChI=1S/C20H25ClN4O2/c21-17-3-1-16(2-4-17)20(5-9-26-10-6-20)14-22-18-13-19(24-15-23-18)25-7-11-27-12-8-25/h1-4,13,15H,5-12,14H2,(H,22,23,24). The van der Waals surface area contributed by atoms with Gasteiger partial charge in [0.2, 0.25) is 0 Å². The van der Waals surface area contributed by atoms with Gasteiger partial charge in [-0.2, -0.15) is 0 Å². The van der Waals surface area contributed by atoms with Crippen LogP contribution < -0.4 is 10.2 Å². The van der Waals surface area contributed by atoms with E-state index in [1.165, 1.54) is 5.56 Å². The van der Waals surface area contributed by atoms with E-state index in [1.54, 1.807) is 6.33 Å². The van der Waals surface area contributed by atoms with E-state index in [9.17, 15) is 0 Å². The third-order valence-corrected chi connectivity index (χ3v) is 5.75. The fourth-order valence-electron chi connectivity index (χ4n) is 3.80. The molecule has 6 nitrogen and oxygen atoms in total. The second kappa shape index (κ2) is 8.42. The van der Waals surface area contributed by atoms with E-state index in [4.69, 9.17) is 21.1 Å². The summed E-state index contributed by atoms with van der Waals surface area (Å²) >= 11 is 6.09. The smallest absolute Gasteiger partial charge is 0.134 e. The first-order valence-corrected chi connectivity index (χ1v) is 9.85. The Morgan fingerprint density at radius 1 is 1.00 bits per heavy atom. The molecule has 2 saturated heterocycles. The minimum Gasteiger partial charge on any atom is -0.381 e. The van der Waals surface area contributed by atoms with Crippen LogP contribution in [-0.4, -0.2) is 56.0 Å². The Kier molecular flexibility index (Phi) is 5.76. The van der Waals surface area contributed by atoms with E-state index in [0.717, 1.165) is 75.6 Å². The number of aromatic nitrogens is 2. The third kappa shape index (κ3) is 4.34. The van der Waals surface area contributed by atoms with Crippen LogP contribution in [0.4, 0.5) is 11.6 Å². The number of hydrogen-bond acceptors (Lipinski definition) is 6. The summed E-state index contributed by atoms with van der Waals surface area (Å²) < 4.78 is 11.0. The van der Waals surface area contributed by atoms with Gasteiger partial charge in [-0.15, -0.1) is 0 Å². The SMILES string of the molecule is Clc1ccc(C2(CNc3cc(N4CCOCC4)ncn3)CCOCC2)cc1. The summed E-state index contributed by atoms with van der Waals surface area (Å²) in [5, 5.41) is 4.31. The molecule has 27 heavy (non-hydrogen) atoms. The quantitative estimate of drug-likeness (QED) is 0.849. The molecule has 0 amide bonds. The molecule has 1 aromatic carbocycles. The second-order valence-corrected chi connectivity index (χ2v) is 7.55. The number of anilines is 2. The molecule has 2 fully saturated rings. The maximum Gasteiger partial charge on any atom is 0.134 e. The number of rotatable bonds is 5. The molecule has 0 aliphatic carbocycles. The Hall–Kier alpha value is -1.89. The van der Waals surface area contributed by atoms with Crippen LogP contribution in [0.5, 0.6) is 0 Å². The van der Waals surface area contributed by atoms with Crippen molar-refractivity contribution in [1.29, 1.82) is 0 Å². The topological polar surface area (TPSA) is 59.5 Å². The van der Waals surface area contributed by atoms with Crippen molar-refractivity contribution in [3.05, 3.63) is 47.2 Å². The summed E-state index contributed by atoms with van der Waals surface area (Å²) in [5.41, 5.74) is 1.32. The van der Waals surface area contributed by atoms with Crippen molar-refractivity contribution < 1.29 is 9.47 Å². The van der Waals surface area contributed by atoms with Crippen LogP contribution >= 0.6 is 11.6 Å². The van der Waals surface area contributed by atoms with E-state index in [0.29, 0.717) is 0 Å². The predicted octanol–water partition coefficient (Wildman–Crippen LogP) is 3.13. The van der Waals surface area contributed by atoms with E-state index < -0.39 is 0 Å². The lowest BCUT2D eigenvalue weighted by atomic mass is 9.74. The highest BCUT2D eigenvalue weighted by Gasteiger charge is 2.34. The van der Waals surface area contributed by atoms with Crippen molar-refractivity contribution in [3.63, 3.8) is 0 Å². The van der Waals surface area contributed by atoms with E-state index in [1.807, 2.05) is 18.2 Å². The molecule has 4 rings (SSSR count). The van der Waals surface area contributed by atoms with Gasteiger partial charge in [0.05, 0.1) is 13.2 Å². The minimum absolute atomic E-state index is 0.0208. The average molecular weight is 389 g/mol. The molecule has 2 aliphatic rings. The number of morpholine rings is 1. The van der Waals surface area contributed by atoms with Crippen molar-refractivity contribution in [2.45, 2.75) is 18.3 Å². The number of halogens is 1. The molecule has 0 unspecified atom stereocenters. The normalized spacial score (nSPS) is 19.7. The van der Waals surface area contributed by atoms with Crippen molar-refractivity contribution in [2.75, 3.05) is 56.3 Å². The summed E-state index contributed by atoms with van der Waals surface area (Å²) in [7, 11) is 0. The fourth-order valence-corrected chi connectivity index (χ4v) is 3.93. The second-order valence-electron chi connectivity index (χ2n) is 7.11. The zero-order valence-corrected chi connectivity index (χ0v) is 16.1. The molecule has 144 valence electrons. The van der Waals surface area contributed by atoms with Crippen LogP contribution in [0.1, 0.15) is 18.4 Å². The molecular formula is C20H25ClN4O2. The number of hydrogen-bond donors (Lipinski definition) is 1.